The van der Waals surface area contributed by atoms with E-state index in [1.807, 2.05) is 12.4 Å². The van der Waals surface area contributed by atoms with E-state index in [4.69, 9.17) is 0 Å². The van der Waals surface area contributed by atoms with E-state index >= 15 is 0 Å². The molecule has 1 amide bonds. The van der Waals surface area contributed by atoms with Crippen molar-refractivity contribution in [2.24, 2.45) is 0 Å². The van der Waals surface area contributed by atoms with Gasteiger partial charge in [-0.05, 0) is 38.5 Å². The molecular weight excluding hydrogens is 326 g/mol. The number of hydrogen-bond donors (Lipinski definition) is 0. The predicted molar refractivity (Wildman–Crippen MR) is 107 cm³/mol. The Morgan fingerprint density at radius 2 is 2.00 bits per heavy atom. The van der Waals surface area contributed by atoms with E-state index in [-0.39, 0.29) is 12.5 Å². The molecule has 0 aliphatic carbocycles. The number of fused-ring (bicyclic) bond motifs is 1. The minimum absolute atomic E-state index is 0.0340. The number of carbonyl (C=O) groups excluding carboxylic acids is 1. The molecule has 2 heterocycles. The first-order valence-corrected chi connectivity index (χ1v) is 9.14. The maximum absolute atomic E-state index is 11.9. The lowest BCUT2D eigenvalue weighted by Gasteiger charge is -2.43. The van der Waals surface area contributed by atoms with Gasteiger partial charge in [0.2, 0.25) is 5.91 Å². The van der Waals surface area contributed by atoms with Crippen molar-refractivity contribution in [1.82, 2.24) is 14.7 Å². The van der Waals surface area contributed by atoms with E-state index in [1.54, 1.807) is 23.7 Å². The molecule has 3 rings (SSSR count). The zero-order valence-corrected chi connectivity index (χ0v) is 16.6. The summed E-state index contributed by atoms with van der Waals surface area (Å²) in [6.07, 6.45) is 3.78. The molecule has 0 spiro atoms. The van der Waals surface area contributed by atoms with E-state index in [0.717, 1.165) is 17.7 Å². The normalized spacial score (nSPS) is 16.8. The maximum Gasteiger partial charge on any atom is 0.243 e. The van der Waals surface area contributed by atoms with Crippen molar-refractivity contribution >= 4 is 17.3 Å². The summed E-state index contributed by atoms with van der Waals surface area (Å²) in [6, 6.07) is 7.50. The summed E-state index contributed by atoms with van der Waals surface area (Å²) in [5, 5.41) is 4.35. The van der Waals surface area contributed by atoms with Gasteiger partial charge in [0.25, 0.3) is 0 Å². The van der Waals surface area contributed by atoms with Gasteiger partial charge in [0.05, 0.1) is 17.6 Å². The summed E-state index contributed by atoms with van der Waals surface area (Å²) in [5.41, 5.74) is 4.68. The van der Waals surface area contributed by atoms with Gasteiger partial charge in [0.15, 0.2) is 0 Å². The molecule has 0 N–H and O–H groups in total. The van der Waals surface area contributed by atoms with Crippen LogP contribution in [0.15, 0.2) is 30.6 Å². The molecule has 1 aromatic carbocycles. The number of hydrogen-bond acceptors (Lipinski definition) is 4. The Labute approximate surface area is 156 Å². The summed E-state index contributed by atoms with van der Waals surface area (Å²) in [7, 11) is 5.67. The van der Waals surface area contributed by atoms with Crippen LogP contribution in [-0.4, -0.2) is 60.4 Å². The molecule has 1 aliphatic rings. The van der Waals surface area contributed by atoms with Crippen LogP contribution in [-0.2, 0) is 11.3 Å². The topological polar surface area (TPSA) is 44.6 Å². The fourth-order valence-electron chi connectivity index (χ4n) is 3.34. The van der Waals surface area contributed by atoms with Crippen LogP contribution in [0.25, 0.3) is 11.1 Å². The molecule has 1 aromatic heterocycles. The summed E-state index contributed by atoms with van der Waals surface area (Å²) in [4.78, 5) is 18.3. The van der Waals surface area contributed by atoms with E-state index in [2.05, 4.69) is 60.9 Å². The second-order valence-corrected chi connectivity index (χ2v) is 7.62. The molecule has 0 fully saturated rings. The third kappa shape index (κ3) is 3.41. The average molecular weight is 355 g/mol. The first-order valence-electron chi connectivity index (χ1n) is 9.14. The highest BCUT2D eigenvalue weighted by Gasteiger charge is 2.27. The molecule has 0 radical (unpaired) electrons. The van der Waals surface area contributed by atoms with Crippen LogP contribution >= 0.6 is 0 Å². The first-order chi connectivity index (χ1) is 12.3. The molecule has 0 saturated heterocycles. The lowest BCUT2D eigenvalue weighted by molar-refractivity contribution is -0.129. The van der Waals surface area contributed by atoms with E-state index in [9.17, 15) is 4.79 Å². The molecule has 140 valence electrons. The molecule has 2 aromatic rings. The van der Waals surface area contributed by atoms with Gasteiger partial charge >= 0.3 is 0 Å². The number of aromatic nitrogens is 2. The van der Waals surface area contributed by atoms with E-state index < -0.39 is 0 Å². The molecule has 1 aliphatic heterocycles. The number of nitrogens with zero attached hydrogens (tertiary/aromatic N) is 5. The Hall–Kier alpha value is -2.50. The van der Waals surface area contributed by atoms with Gasteiger partial charge in [-0.25, -0.2) is 0 Å². The second kappa shape index (κ2) is 7.02. The van der Waals surface area contributed by atoms with Gasteiger partial charge in [0.1, 0.15) is 6.54 Å². The smallest absolute Gasteiger partial charge is 0.243 e. The van der Waals surface area contributed by atoms with Crippen LogP contribution in [0.4, 0.5) is 11.4 Å². The van der Waals surface area contributed by atoms with Gasteiger partial charge in [-0.2, -0.15) is 5.10 Å². The Morgan fingerprint density at radius 3 is 2.65 bits per heavy atom. The Kier molecular flexibility index (Phi) is 4.94. The zero-order chi connectivity index (χ0) is 19.0. The molecule has 6 heteroatoms. The zero-order valence-electron chi connectivity index (χ0n) is 16.6. The Morgan fingerprint density at radius 1 is 1.27 bits per heavy atom. The van der Waals surface area contributed by atoms with E-state index in [0.29, 0.717) is 12.1 Å². The maximum atomic E-state index is 11.9. The number of benzene rings is 1. The van der Waals surface area contributed by atoms with Crippen LogP contribution in [0.2, 0.25) is 0 Å². The number of likely N-dealkylation sites (N-methyl/N-ethyl adjacent to an activating group) is 2. The minimum atomic E-state index is 0.0340. The summed E-state index contributed by atoms with van der Waals surface area (Å²) < 4.78 is 1.70. The first kappa shape index (κ1) is 18.3. The molecule has 0 bridgehead atoms. The van der Waals surface area contributed by atoms with Gasteiger partial charge in [-0.1, -0.05) is 6.07 Å². The number of rotatable bonds is 4. The van der Waals surface area contributed by atoms with Gasteiger partial charge in [-0.15, -0.1) is 0 Å². The summed E-state index contributed by atoms with van der Waals surface area (Å²) in [6.45, 7) is 8.01. The third-order valence-electron chi connectivity index (χ3n) is 5.17. The predicted octanol–water partition coefficient (Wildman–Crippen LogP) is 2.69. The highest BCUT2D eigenvalue weighted by Crippen LogP contribution is 2.38. The van der Waals surface area contributed by atoms with Crippen molar-refractivity contribution < 1.29 is 4.79 Å². The van der Waals surface area contributed by atoms with Crippen LogP contribution in [0.1, 0.15) is 20.8 Å². The fraction of sp³-hybridized carbons (Fsp3) is 0.500. The Balaban J connectivity index is 1.92. The van der Waals surface area contributed by atoms with Crippen LogP contribution in [0.3, 0.4) is 0 Å². The van der Waals surface area contributed by atoms with Gasteiger partial charge in [-0.3, -0.25) is 9.48 Å². The lowest BCUT2D eigenvalue weighted by atomic mass is 10.0. The molecule has 0 unspecified atom stereocenters. The van der Waals surface area contributed by atoms with Crippen molar-refractivity contribution in [1.29, 1.82) is 0 Å². The minimum Gasteiger partial charge on any atom is -0.368 e. The highest BCUT2D eigenvalue weighted by atomic mass is 16.2. The van der Waals surface area contributed by atoms with Crippen molar-refractivity contribution in [2.75, 3.05) is 37.5 Å². The van der Waals surface area contributed by atoms with Crippen molar-refractivity contribution in [3.8, 4) is 11.1 Å². The molecule has 26 heavy (non-hydrogen) atoms. The number of carbonyl (C=O) groups is 1. The molecule has 1 atom stereocenters. The summed E-state index contributed by atoms with van der Waals surface area (Å²) >= 11 is 0. The van der Waals surface area contributed by atoms with Crippen LogP contribution in [0, 0.1) is 0 Å². The number of amides is 1. The Bertz CT molecular complexity index is 795. The van der Waals surface area contributed by atoms with Crippen molar-refractivity contribution in [3.63, 3.8) is 0 Å². The average Bonchev–Trinajstić information content (AvgIpc) is 3.05. The fourth-order valence-corrected chi connectivity index (χ4v) is 3.34. The lowest BCUT2D eigenvalue weighted by Crippen LogP contribution is -2.48. The van der Waals surface area contributed by atoms with Crippen molar-refractivity contribution in [3.05, 3.63) is 30.6 Å². The molecule has 0 saturated carbocycles. The van der Waals surface area contributed by atoms with Crippen molar-refractivity contribution in [2.45, 2.75) is 39.4 Å². The standard InChI is InChI=1S/C20H29N5O/c1-14(2)25-11-15(3)23(6)18-8-7-16(9-19(18)25)17-10-21-24(12-17)13-20(26)22(4)5/h7-10,12,14-15H,11,13H2,1-6H3/t15-/m0/s1. The van der Waals surface area contributed by atoms with E-state index in [1.165, 1.54) is 11.4 Å². The molecule has 6 nitrogen and oxygen atoms in total. The molecular formula is C20H29N5O. The third-order valence-corrected chi connectivity index (χ3v) is 5.17. The van der Waals surface area contributed by atoms with Crippen LogP contribution in [0.5, 0.6) is 0 Å². The van der Waals surface area contributed by atoms with Gasteiger partial charge in [0, 0.05) is 51.5 Å². The summed E-state index contributed by atoms with van der Waals surface area (Å²) in [5.74, 6) is 0.0340. The largest absolute Gasteiger partial charge is 0.368 e. The van der Waals surface area contributed by atoms with Gasteiger partial charge < -0.3 is 14.7 Å². The number of anilines is 2. The SMILES string of the molecule is CC(C)N1C[C@H](C)N(C)c2ccc(-c3cnn(CC(=O)N(C)C)c3)cc21. The second-order valence-electron chi connectivity index (χ2n) is 7.62. The van der Waals surface area contributed by atoms with Crippen LogP contribution < -0.4 is 9.80 Å². The monoisotopic (exact) mass is 355 g/mol. The quantitative estimate of drug-likeness (QED) is 0.846. The highest BCUT2D eigenvalue weighted by molar-refractivity contribution is 5.80.